The number of nitrogens with one attached hydrogen (secondary N) is 1. The number of methoxy groups -OCH3 is 1. The topological polar surface area (TPSA) is 73.6 Å². The third kappa shape index (κ3) is 4.99. The molecule has 0 saturated heterocycles. The summed E-state index contributed by atoms with van der Waals surface area (Å²) in [6.45, 7) is 2.89. The molecule has 2 aromatic carbocycles. The van der Waals surface area contributed by atoms with Gasteiger partial charge in [0.15, 0.2) is 11.5 Å². The van der Waals surface area contributed by atoms with E-state index in [1.807, 2.05) is 55.5 Å². The zero-order chi connectivity index (χ0) is 17.4. The molecule has 0 heterocycles. The lowest BCUT2D eigenvalue weighted by molar-refractivity contribution is -0.121. The first-order valence-corrected chi connectivity index (χ1v) is 8.01. The fourth-order valence-corrected chi connectivity index (χ4v) is 2.39. The highest BCUT2D eigenvalue weighted by Crippen LogP contribution is 2.28. The fourth-order valence-electron chi connectivity index (χ4n) is 2.39. The number of amides is 1. The van der Waals surface area contributed by atoms with Crippen molar-refractivity contribution in [3.63, 3.8) is 0 Å². The Hall–Kier alpha value is -2.53. The van der Waals surface area contributed by atoms with Gasteiger partial charge >= 0.3 is 0 Å². The fraction of sp³-hybridized carbons (Fsp3) is 0.316. The van der Waals surface area contributed by atoms with Crippen molar-refractivity contribution < 1.29 is 14.3 Å². The van der Waals surface area contributed by atoms with E-state index in [0.29, 0.717) is 24.7 Å². The lowest BCUT2D eigenvalue weighted by Crippen LogP contribution is -2.27. The molecule has 0 spiro atoms. The van der Waals surface area contributed by atoms with E-state index in [9.17, 15) is 4.79 Å². The first kappa shape index (κ1) is 17.8. The molecule has 1 amide bonds. The van der Waals surface area contributed by atoms with Crippen molar-refractivity contribution in [1.82, 2.24) is 5.32 Å². The van der Waals surface area contributed by atoms with Crippen molar-refractivity contribution in [3.05, 3.63) is 59.7 Å². The van der Waals surface area contributed by atoms with Gasteiger partial charge in [0.2, 0.25) is 5.91 Å². The maximum absolute atomic E-state index is 12.1. The number of hydrogen-bond donors (Lipinski definition) is 2. The van der Waals surface area contributed by atoms with Crippen molar-refractivity contribution in [3.8, 4) is 11.5 Å². The van der Waals surface area contributed by atoms with E-state index in [-0.39, 0.29) is 18.4 Å². The predicted octanol–water partition coefficient (Wildman–Crippen LogP) is 2.80. The second-order valence-corrected chi connectivity index (χ2v) is 5.42. The van der Waals surface area contributed by atoms with Crippen molar-refractivity contribution in [1.29, 1.82) is 0 Å². The molecule has 5 nitrogen and oxygen atoms in total. The highest BCUT2D eigenvalue weighted by Gasteiger charge is 2.12. The number of nitrogens with two attached hydrogens (primary N) is 1. The third-order valence-corrected chi connectivity index (χ3v) is 3.65. The Morgan fingerprint density at radius 1 is 1.17 bits per heavy atom. The molecular formula is C19H24N2O3. The summed E-state index contributed by atoms with van der Waals surface area (Å²) in [4.78, 5) is 12.1. The van der Waals surface area contributed by atoms with Gasteiger partial charge in [-0.3, -0.25) is 4.79 Å². The lowest BCUT2D eigenvalue weighted by atomic mass is 10.0. The highest BCUT2D eigenvalue weighted by atomic mass is 16.5. The minimum Gasteiger partial charge on any atom is -0.493 e. The average molecular weight is 328 g/mol. The lowest BCUT2D eigenvalue weighted by Gasteiger charge is -2.13. The largest absolute Gasteiger partial charge is 0.493 e. The molecule has 24 heavy (non-hydrogen) atoms. The van der Waals surface area contributed by atoms with Gasteiger partial charge in [-0.2, -0.15) is 0 Å². The summed E-state index contributed by atoms with van der Waals surface area (Å²) in [6, 6.07) is 14.9. The van der Waals surface area contributed by atoms with E-state index in [4.69, 9.17) is 15.2 Å². The molecule has 0 aromatic heterocycles. The van der Waals surface area contributed by atoms with Crippen LogP contribution in [-0.4, -0.2) is 19.6 Å². The van der Waals surface area contributed by atoms with Crippen LogP contribution in [0, 0.1) is 0 Å². The smallest absolute Gasteiger partial charge is 0.222 e. The van der Waals surface area contributed by atoms with Gasteiger partial charge in [0.1, 0.15) is 0 Å². The molecule has 1 unspecified atom stereocenters. The number of benzene rings is 2. The van der Waals surface area contributed by atoms with Crippen LogP contribution in [0.25, 0.3) is 0 Å². The normalized spacial score (nSPS) is 11.6. The summed E-state index contributed by atoms with van der Waals surface area (Å²) in [5, 5.41) is 2.89. The van der Waals surface area contributed by atoms with Gasteiger partial charge in [-0.1, -0.05) is 36.4 Å². The summed E-state index contributed by atoms with van der Waals surface area (Å²) in [6.07, 6.45) is 0.248. The van der Waals surface area contributed by atoms with Crippen LogP contribution in [0.1, 0.15) is 30.5 Å². The highest BCUT2D eigenvalue weighted by molar-refractivity contribution is 5.76. The second-order valence-electron chi connectivity index (χ2n) is 5.42. The zero-order valence-electron chi connectivity index (χ0n) is 14.1. The van der Waals surface area contributed by atoms with Crippen LogP contribution in [0.15, 0.2) is 48.5 Å². The first-order chi connectivity index (χ1) is 11.6. The quantitative estimate of drug-likeness (QED) is 0.781. The Bertz CT molecular complexity index is 659. The van der Waals surface area contributed by atoms with E-state index < -0.39 is 0 Å². The van der Waals surface area contributed by atoms with Gasteiger partial charge in [-0.15, -0.1) is 0 Å². The maximum atomic E-state index is 12.1. The molecule has 0 aliphatic rings. The van der Waals surface area contributed by atoms with Crippen LogP contribution in [0.2, 0.25) is 0 Å². The first-order valence-electron chi connectivity index (χ1n) is 8.01. The third-order valence-electron chi connectivity index (χ3n) is 3.65. The maximum Gasteiger partial charge on any atom is 0.222 e. The van der Waals surface area contributed by atoms with Gasteiger partial charge in [-0.05, 0) is 30.2 Å². The molecule has 3 N–H and O–H groups in total. The summed E-state index contributed by atoms with van der Waals surface area (Å²) in [7, 11) is 1.60. The molecular weight excluding hydrogens is 304 g/mol. The van der Waals surface area contributed by atoms with E-state index in [2.05, 4.69) is 5.32 Å². The van der Waals surface area contributed by atoms with Crippen LogP contribution in [0.3, 0.4) is 0 Å². The molecule has 1 atom stereocenters. The summed E-state index contributed by atoms with van der Waals surface area (Å²) in [5.41, 5.74) is 7.97. The molecule has 2 rings (SSSR count). The molecule has 0 saturated carbocycles. The minimum absolute atomic E-state index is 0.0832. The van der Waals surface area contributed by atoms with E-state index >= 15 is 0 Å². The van der Waals surface area contributed by atoms with E-state index in [1.165, 1.54) is 0 Å². The van der Waals surface area contributed by atoms with E-state index in [0.717, 1.165) is 11.1 Å². The van der Waals surface area contributed by atoms with Gasteiger partial charge in [-0.25, -0.2) is 0 Å². The van der Waals surface area contributed by atoms with Crippen LogP contribution < -0.4 is 20.5 Å². The standard InChI is InChI=1S/C19H24N2O3/c1-3-24-18-11-14(9-10-17(18)23-2)13-21-19(22)12-16(20)15-7-5-4-6-8-15/h4-11,16H,3,12-13,20H2,1-2H3,(H,21,22). The SMILES string of the molecule is CCOc1cc(CNC(=O)CC(N)c2ccccc2)ccc1OC. The van der Waals surface area contributed by atoms with Crippen molar-refractivity contribution in [2.45, 2.75) is 25.9 Å². The molecule has 0 fully saturated rings. The van der Waals surface area contributed by atoms with Gasteiger partial charge in [0, 0.05) is 19.0 Å². The molecule has 0 radical (unpaired) electrons. The van der Waals surface area contributed by atoms with Gasteiger partial charge in [0.25, 0.3) is 0 Å². The number of rotatable bonds is 8. The molecule has 0 bridgehead atoms. The van der Waals surface area contributed by atoms with Crippen molar-refractivity contribution in [2.24, 2.45) is 5.73 Å². The van der Waals surface area contributed by atoms with Crippen molar-refractivity contribution >= 4 is 5.91 Å². The van der Waals surface area contributed by atoms with Crippen LogP contribution >= 0.6 is 0 Å². The molecule has 5 heteroatoms. The number of carbonyl (C=O) groups excluding carboxylic acids is 1. The van der Waals surface area contributed by atoms with Gasteiger partial charge in [0.05, 0.1) is 13.7 Å². The molecule has 0 aliphatic carbocycles. The van der Waals surface area contributed by atoms with Crippen LogP contribution in [-0.2, 0) is 11.3 Å². The van der Waals surface area contributed by atoms with Gasteiger partial charge < -0.3 is 20.5 Å². The summed E-state index contributed by atoms with van der Waals surface area (Å²) >= 11 is 0. The Morgan fingerprint density at radius 3 is 2.58 bits per heavy atom. The Balaban J connectivity index is 1.90. The van der Waals surface area contributed by atoms with Crippen LogP contribution in [0.4, 0.5) is 0 Å². The second kappa shape index (κ2) is 8.93. The minimum atomic E-state index is -0.305. The number of carbonyl (C=O) groups is 1. The number of hydrogen-bond acceptors (Lipinski definition) is 4. The van der Waals surface area contributed by atoms with Crippen molar-refractivity contribution in [2.75, 3.05) is 13.7 Å². The Morgan fingerprint density at radius 2 is 1.92 bits per heavy atom. The monoisotopic (exact) mass is 328 g/mol. The molecule has 2 aromatic rings. The molecule has 128 valence electrons. The summed E-state index contributed by atoms with van der Waals surface area (Å²) in [5.74, 6) is 1.27. The zero-order valence-corrected chi connectivity index (χ0v) is 14.1. The Kier molecular flexibility index (Phi) is 6.63. The van der Waals surface area contributed by atoms with E-state index in [1.54, 1.807) is 7.11 Å². The van der Waals surface area contributed by atoms with Crippen LogP contribution in [0.5, 0.6) is 11.5 Å². The number of ether oxygens (including phenoxy) is 2. The average Bonchev–Trinajstić information content (AvgIpc) is 2.61. The predicted molar refractivity (Wildman–Crippen MR) is 94.0 cm³/mol. The molecule has 0 aliphatic heterocycles. The summed E-state index contributed by atoms with van der Waals surface area (Å²) < 4.78 is 10.8. The Labute approximate surface area is 142 Å².